The largest absolute Gasteiger partial charge is 0.471 e. The molecule has 1 N–H and O–H groups in total. The standard InChI is InChI=1S/C20H16N4O2/c25-20(22-17-10-4-6-15-7-5-12-21-19(15)17)18-11-13-24(23-18)14-26-16-8-2-1-3-9-16/h1-13H,14H2,(H,22,25). The molecule has 2 aromatic heterocycles. The molecule has 0 saturated carbocycles. The molecule has 0 aliphatic rings. The smallest absolute Gasteiger partial charge is 0.276 e. The lowest BCUT2D eigenvalue weighted by Gasteiger charge is -2.07. The van der Waals surface area contributed by atoms with Crippen LogP contribution in [0.1, 0.15) is 10.5 Å². The maximum atomic E-state index is 12.5. The Morgan fingerprint density at radius 2 is 1.85 bits per heavy atom. The van der Waals surface area contributed by atoms with Gasteiger partial charge in [0.2, 0.25) is 0 Å². The van der Waals surface area contributed by atoms with Crippen LogP contribution in [-0.4, -0.2) is 20.7 Å². The molecule has 0 radical (unpaired) electrons. The van der Waals surface area contributed by atoms with Crippen molar-refractivity contribution in [3.05, 3.63) is 84.8 Å². The summed E-state index contributed by atoms with van der Waals surface area (Å²) in [6.07, 6.45) is 3.41. The third-order valence-corrected chi connectivity index (χ3v) is 3.86. The molecular formula is C20H16N4O2. The zero-order valence-corrected chi connectivity index (χ0v) is 13.9. The Balaban J connectivity index is 1.46. The number of amides is 1. The highest BCUT2D eigenvalue weighted by atomic mass is 16.5. The lowest BCUT2D eigenvalue weighted by Crippen LogP contribution is -2.14. The minimum absolute atomic E-state index is 0.229. The van der Waals surface area contributed by atoms with Crippen LogP contribution < -0.4 is 10.1 Å². The number of para-hydroxylation sites is 2. The van der Waals surface area contributed by atoms with Crippen LogP contribution in [0.4, 0.5) is 5.69 Å². The van der Waals surface area contributed by atoms with E-state index in [0.717, 1.165) is 16.7 Å². The number of rotatable bonds is 5. The minimum atomic E-state index is -0.290. The second-order valence-corrected chi connectivity index (χ2v) is 5.66. The number of ether oxygens (including phenoxy) is 1. The second kappa shape index (κ2) is 7.06. The van der Waals surface area contributed by atoms with Gasteiger partial charge in [-0.3, -0.25) is 9.78 Å². The zero-order valence-electron chi connectivity index (χ0n) is 13.9. The van der Waals surface area contributed by atoms with E-state index in [-0.39, 0.29) is 12.6 Å². The van der Waals surface area contributed by atoms with Gasteiger partial charge < -0.3 is 10.1 Å². The lowest BCUT2D eigenvalue weighted by atomic mass is 10.2. The predicted molar refractivity (Wildman–Crippen MR) is 99.0 cm³/mol. The van der Waals surface area contributed by atoms with Gasteiger partial charge in [-0.15, -0.1) is 0 Å². The highest BCUT2D eigenvalue weighted by Crippen LogP contribution is 2.21. The molecule has 4 rings (SSSR count). The van der Waals surface area contributed by atoms with Gasteiger partial charge in [0.25, 0.3) is 5.91 Å². The molecule has 0 spiro atoms. The van der Waals surface area contributed by atoms with Crippen LogP contribution in [-0.2, 0) is 6.73 Å². The fourth-order valence-corrected chi connectivity index (χ4v) is 2.60. The molecule has 0 fully saturated rings. The van der Waals surface area contributed by atoms with Gasteiger partial charge >= 0.3 is 0 Å². The number of pyridine rings is 1. The van der Waals surface area contributed by atoms with Crippen molar-refractivity contribution >= 4 is 22.5 Å². The van der Waals surface area contributed by atoms with Crippen molar-refractivity contribution in [3.63, 3.8) is 0 Å². The first-order chi connectivity index (χ1) is 12.8. The third kappa shape index (κ3) is 3.39. The van der Waals surface area contributed by atoms with E-state index in [9.17, 15) is 4.79 Å². The summed E-state index contributed by atoms with van der Waals surface area (Å²) in [4.78, 5) is 16.8. The Morgan fingerprint density at radius 1 is 1.00 bits per heavy atom. The Labute approximate surface area is 150 Å². The number of hydrogen-bond acceptors (Lipinski definition) is 4. The maximum Gasteiger partial charge on any atom is 0.276 e. The molecule has 0 aliphatic heterocycles. The van der Waals surface area contributed by atoms with E-state index in [1.54, 1.807) is 23.1 Å². The minimum Gasteiger partial charge on any atom is -0.471 e. The van der Waals surface area contributed by atoms with Gasteiger partial charge in [0.05, 0.1) is 11.2 Å². The molecule has 1 amide bonds. The summed E-state index contributed by atoms with van der Waals surface area (Å²) >= 11 is 0. The molecule has 0 atom stereocenters. The monoisotopic (exact) mass is 344 g/mol. The van der Waals surface area contributed by atoms with Crippen molar-refractivity contribution in [1.82, 2.24) is 14.8 Å². The molecule has 26 heavy (non-hydrogen) atoms. The van der Waals surface area contributed by atoms with E-state index in [4.69, 9.17) is 4.74 Å². The van der Waals surface area contributed by atoms with E-state index in [1.165, 1.54) is 0 Å². The first-order valence-corrected chi connectivity index (χ1v) is 8.16. The maximum absolute atomic E-state index is 12.5. The molecular weight excluding hydrogens is 328 g/mol. The number of carbonyl (C=O) groups is 1. The van der Waals surface area contributed by atoms with E-state index < -0.39 is 0 Å². The molecule has 2 heterocycles. The van der Waals surface area contributed by atoms with Crippen molar-refractivity contribution < 1.29 is 9.53 Å². The summed E-state index contributed by atoms with van der Waals surface area (Å²) in [5.41, 5.74) is 1.72. The normalized spacial score (nSPS) is 10.6. The Kier molecular flexibility index (Phi) is 4.30. The van der Waals surface area contributed by atoms with Crippen molar-refractivity contribution in [3.8, 4) is 5.75 Å². The van der Waals surface area contributed by atoms with Crippen LogP contribution in [0.3, 0.4) is 0 Å². The lowest BCUT2D eigenvalue weighted by molar-refractivity contribution is 0.102. The quantitative estimate of drug-likeness (QED) is 0.599. The van der Waals surface area contributed by atoms with Crippen LogP contribution in [0.2, 0.25) is 0 Å². The zero-order chi connectivity index (χ0) is 17.8. The van der Waals surface area contributed by atoms with Gasteiger partial charge in [-0.2, -0.15) is 5.10 Å². The first-order valence-electron chi connectivity index (χ1n) is 8.16. The summed E-state index contributed by atoms with van der Waals surface area (Å²) < 4.78 is 7.19. The van der Waals surface area contributed by atoms with Gasteiger partial charge in [-0.05, 0) is 30.3 Å². The van der Waals surface area contributed by atoms with E-state index >= 15 is 0 Å². The van der Waals surface area contributed by atoms with Crippen LogP contribution in [0, 0.1) is 0 Å². The summed E-state index contributed by atoms with van der Waals surface area (Å²) in [6, 6.07) is 20.6. The Hall–Kier alpha value is -3.67. The van der Waals surface area contributed by atoms with E-state index in [1.807, 2.05) is 60.7 Å². The van der Waals surface area contributed by atoms with Gasteiger partial charge in [0.1, 0.15) is 5.75 Å². The number of fused-ring (bicyclic) bond motifs is 1. The number of anilines is 1. The van der Waals surface area contributed by atoms with Gasteiger partial charge in [0.15, 0.2) is 12.4 Å². The summed E-state index contributed by atoms with van der Waals surface area (Å²) in [5.74, 6) is 0.456. The van der Waals surface area contributed by atoms with Crippen molar-refractivity contribution in [2.75, 3.05) is 5.32 Å². The van der Waals surface area contributed by atoms with E-state index in [2.05, 4.69) is 15.4 Å². The molecule has 0 aliphatic carbocycles. The van der Waals surface area contributed by atoms with Gasteiger partial charge in [0, 0.05) is 17.8 Å². The Bertz CT molecular complexity index is 1040. The molecule has 128 valence electrons. The molecule has 0 saturated heterocycles. The fraction of sp³-hybridized carbons (Fsp3) is 0.0500. The molecule has 6 heteroatoms. The molecule has 0 bridgehead atoms. The number of aromatic nitrogens is 3. The highest BCUT2D eigenvalue weighted by Gasteiger charge is 2.12. The van der Waals surface area contributed by atoms with Gasteiger partial charge in [-0.1, -0.05) is 36.4 Å². The average molecular weight is 344 g/mol. The third-order valence-electron chi connectivity index (χ3n) is 3.86. The number of benzene rings is 2. The number of nitrogens with one attached hydrogen (secondary N) is 1. The van der Waals surface area contributed by atoms with Gasteiger partial charge in [-0.25, -0.2) is 4.68 Å². The first kappa shape index (κ1) is 15.8. The van der Waals surface area contributed by atoms with Crippen LogP contribution in [0.15, 0.2) is 79.1 Å². The predicted octanol–water partition coefficient (Wildman–Crippen LogP) is 3.72. The average Bonchev–Trinajstić information content (AvgIpc) is 3.17. The van der Waals surface area contributed by atoms with Crippen LogP contribution in [0.5, 0.6) is 5.75 Å². The fourth-order valence-electron chi connectivity index (χ4n) is 2.60. The van der Waals surface area contributed by atoms with Crippen molar-refractivity contribution in [1.29, 1.82) is 0 Å². The summed E-state index contributed by atoms with van der Waals surface area (Å²) in [6.45, 7) is 0.229. The Morgan fingerprint density at radius 3 is 2.73 bits per heavy atom. The highest BCUT2D eigenvalue weighted by molar-refractivity contribution is 6.07. The van der Waals surface area contributed by atoms with Crippen LogP contribution in [0.25, 0.3) is 10.9 Å². The van der Waals surface area contributed by atoms with Crippen molar-refractivity contribution in [2.45, 2.75) is 6.73 Å². The SMILES string of the molecule is O=C(Nc1cccc2cccnc12)c1ccn(COc2ccccc2)n1. The molecule has 0 unspecified atom stereocenters. The summed E-state index contributed by atoms with van der Waals surface area (Å²) in [5, 5.41) is 8.10. The topological polar surface area (TPSA) is 69.0 Å². The molecule has 4 aromatic rings. The molecule has 6 nitrogen and oxygen atoms in total. The second-order valence-electron chi connectivity index (χ2n) is 5.66. The number of hydrogen-bond donors (Lipinski definition) is 1. The van der Waals surface area contributed by atoms with Crippen LogP contribution >= 0.6 is 0 Å². The van der Waals surface area contributed by atoms with E-state index in [0.29, 0.717) is 11.4 Å². The molecule has 2 aromatic carbocycles. The van der Waals surface area contributed by atoms with Crippen molar-refractivity contribution in [2.24, 2.45) is 0 Å². The summed E-state index contributed by atoms with van der Waals surface area (Å²) in [7, 11) is 0. The number of carbonyl (C=O) groups excluding carboxylic acids is 1. The number of nitrogens with zero attached hydrogens (tertiary/aromatic N) is 3.